The van der Waals surface area contributed by atoms with Gasteiger partial charge in [-0.2, -0.15) is 0 Å². The average molecular weight is 473 g/mol. The molecule has 3 aliphatic rings. The monoisotopic (exact) mass is 472 g/mol. The van der Waals surface area contributed by atoms with Gasteiger partial charge in [-0.25, -0.2) is 19.8 Å². The molecule has 6 rings (SSSR count). The molecule has 35 heavy (non-hydrogen) atoms. The highest BCUT2D eigenvalue weighted by Gasteiger charge is 2.49. The van der Waals surface area contributed by atoms with Gasteiger partial charge in [0.25, 0.3) is 5.91 Å². The number of aromatic nitrogens is 4. The lowest BCUT2D eigenvalue weighted by Gasteiger charge is -2.37. The minimum atomic E-state index is -0.562. The molecular weight excluding hydrogens is 444 g/mol. The molecule has 10 nitrogen and oxygen atoms in total. The van der Waals surface area contributed by atoms with Crippen molar-refractivity contribution in [3.8, 4) is 5.69 Å². The highest BCUT2D eigenvalue weighted by atomic mass is 16.2. The van der Waals surface area contributed by atoms with E-state index < -0.39 is 12.2 Å². The maximum atomic E-state index is 13.0. The minimum Gasteiger partial charge on any atom is -0.340 e. The van der Waals surface area contributed by atoms with Crippen LogP contribution in [0, 0.1) is 0 Å². The van der Waals surface area contributed by atoms with E-state index in [9.17, 15) is 9.59 Å². The van der Waals surface area contributed by atoms with Gasteiger partial charge in [0.05, 0.1) is 12.0 Å². The number of benzene rings is 1. The second kappa shape index (κ2) is 8.68. The third-order valence-corrected chi connectivity index (χ3v) is 7.04. The lowest BCUT2D eigenvalue weighted by atomic mass is 10.1. The van der Waals surface area contributed by atoms with Crippen molar-refractivity contribution in [1.82, 2.24) is 34.2 Å². The quantitative estimate of drug-likeness (QED) is 0.592. The van der Waals surface area contributed by atoms with Crippen molar-refractivity contribution in [2.75, 3.05) is 6.54 Å². The number of nitrogens with zero attached hydrogens (tertiary/aromatic N) is 7. The lowest BCUT2D eigenvalue weighted by molar-refractivity contribution is -0.127. The third-order valence-electron chi connectivity index (χ3n) is 7.04. The Balaban J connectivity index is 1.31. The summed E-state index contributed by atoms with van der Waals surface area (Å²) in [6.07, 6.45) is 10.8. The van der Waals surface area contributed by atoms with Gasteiger partial charge in [-0.15, -0.1) is 0 Å². The number of hydrogen-bond donors (Lipinski definition) is 1. The topological polar surface area (TPSA) is 101 Å². The number of rotatable bonds is 6. The van der Waals surface area contributed by atoms with Gasteiger partial charge in [-0.05, 0) is 37.5 Å². The zero-order chi connectivity index (χ0) is 23.9. The zero-order valence-corrected chi connectivity index (χ0v) is 19.7. The van der Waals surface area contributed by atoms with E-state index in [1.54, 1.807) is 17.4 Å². The van der Waals surface area contributed by atoms with Crippen molar-refractivity contribution in [2.45, 2.75) is 57.9 Å². The van der Waals surface area contributed by atoms with Crippen molar-refractivity contribution < 1.29 is 9.59 Å². The van der Waals surface area contributed by atoms with Crippen LogP contribution in [0.5, 0.6) is 0 Å². The van der Waals surface area contributed by atoms with Crippen molar-refractivity contribution in [3.63, 3.8) is 0 Å². The number of fused-ring (bicyclic) bond motifs is 2. The molecule has 2 atom stereocenters. The standard InChI is InChI=1S/C25H28N8O2/c1-2-32-23-22(24(34)29-25(32)35)33(14-17-6-8-19(9-7-17)31-12-10-26-16-31)21(28-23)13-18-15-30-11-4-3-5-20(30)27-18/h6-10,12,15-16,22-23H,2-5,11,13-14H2,1H3,(H,29,34,35). The molecule has 3 aliphatic heterocycles. The first-order valence-corrected chi connectivity index (χ1v) is 12.2. The molecule has 1 aromatic carbocycles. The number of urea groups is 1. The highest BCUT2D eigenvalue weighted by Crippen LogP contribution is 2.28. The van der Waals surface area contributed by atoms with E-state index in [1.807, 2.05) is 34.7 Å². The van der Waals surface area contributed by atoms with Gasteiger partial charge >= 0.3 is 6.03 Å². The van der Waals surface area contributed by atoms with Gasteiger partial charge in [0.2, 0.25) is 0 Å². The fourth-order valence-electron chi connectivity index (χ4n) is 5.28. The molecule has 0 radical (unpaired) electrons. The Labute approximate surface area is 203 Å². The van der Waals surface area contributed by atoms with Gasteiger partial charge in [-0.1, -0.05) is 12.1 Å². The molecule has 0 saturated carbocycles. The van der Waals surface area contributed by atoms with Gasteiger partial charge in [0.15, 0.2) is 12.2 Å². The van der Waals surface area contributed by atoms with E-state index in [2.05, 4.69) is 33.2 Å². The molecule has 1 N–H and O–H groups in total. The highest BCUT2D eigenvalue weighted by molar-refractivity contribution is 6.04. The normalized spacial score (nSPS) is 21.6. The molecule has 10 heteroatoms. The fourth-order valence-corrected chi connectivity index (χ4v) is 5.28. The molecular formula is C25H28N8O2. The van der Waals surface area contributed by atoms with Gasteiger partial charge in [0.1, 0.15) is 11.7 Å². The zero-order valence-electron chi connectivity index (χ0n) is 19.7. The van der Waals surface area contributed by atoms with Crippen molar-refractivity contribution in [3.05, 3.63) is 66.3 Å². The Bertz CT molecular complexity index is 1250. The van der Waals surface area contributed by atoms with Crippen LogP contribution < -0.4 is 5.32 Å². The minimum absolute atomic E-state index is 0.303. The van der Waals surface area contributed by atoms with Gasteiger partial charge in [-0.3, -0.25) is 15.0 Å². The second-order valence-corrected chi connectivity index (χ2v) is 9.22. The van der Waals surface area contributed by atoms with Gasteiger partial charge in [0, 0.05) is 56.8 Å². The lowest BCUT2D eigenvalue weighted by Crippen LogP contribution is -2.64. The van der Waals surface area contributed by atoms with Crippen LogP contribution >= 0.6 is 0 Å². The Kier molecular flexibility index (Phi) is 5.35. The molecule has 3 aromatic rings. The van der Waals surface area contributed by atoms with Crippen LogP contribution in [-0.4, -0.2) is 65.4 Å². The second-order valence-electron chi connectivity index (χ2n) is 9.22. The van der Waals surface area contributed by atoms with Crippen LogP contribution in [0.25, 0.3) is 5.69 Å². The number of hydrogen-bond acceptors (Lipinski definition) is 6. The molecule has 2 aromatic heterocycles. The summed E-state index contributed by atoms with van der Waals surface area (Å²) in [5.74, 6) is 1.60. The summed E-state index contributed by atoms with van der Waals surface area (Å²) in [7, 11) is 0. The Morgan fingerprint density at radius 1 is 1.11 bits per heavy atom. The van der Waals surface area contributed by atoms with Crippen LogP contribution in [0.2, 0.25) is 0 Å². The number of aliphatic imine (C=N–C) groups is 1. The molecule has 3 amide bonds. The SMILES string of the molecule is CCN1C(=O)NC(=O)C2C1N=C(Cc1cn3c(n1)CCCC3)N2Cc1ccc(-n2ccnc2)cc1. The predicted molar refractivity (Wildman–Crippen MR) is 129 cm³/mol. The fraction of sp³-hybridized carbons (Fsp3) is 0.400. The average Bonchev–Trinajstić information content (AvgIpc) is 3.59. The maximum absolute atomic E-state index is 13.0. The Morgan fingerprint density at radius 3 is 2.71 bits per heavy atom. The number of likely N-dealkylation sites (N-methyl/N-ethyl adjacent to an activating group) is 1. The largest absolute Gasteiger partial charge is 0.340 e. The molecule has 0 aliphatic carbocycles. The van der Waals surface area contributed by atoms with Crippen LogP contribution in [0.15, 0.2) is 54.2 Å². The smallest absolute Gasteiger partial charge is 0.325 e. The first-order valence-electron chi connectivity index (χ1n) is 12.2. The van der Waals surface area contributed by atoms with E-state index in [0.29, 0.717) is 19.5 Å². The number of carbonyl (C=O) groups excluding carboxylic acids is 2. The number of amidine groups is 1. The summed E-state index contributed by atoms with van der Waals surface area (Å²) in [4.78, 5) is 43.0. The number of amides is 3. The van der Waals surface area contributed by atoms with Crippen molar-refractivity contribution in [1.29, 1.82) is 0 Å². The van der Waals surface area contributed by atoms with Crippen molar-refractivity contribution >= 4 is 17.8 Å². The Morgan fingerprint density at radius 2 is 1.97 bits per heavy atom. The predicted octanol–water partition coefficient (Wildman–Crippen LogP) is 2.13. The van der Waals surface area contributed by atoms with Crippen LogP contribution in [0.3, 0.4) is 0 Å². The number of nitrogens with one attached hydrogen (secondary N) is 1. The first kappa shape index (κ1) is 21.6. The maximum Gasteiger partial charge on any atom is 0.325 e. The van der Waals surface area contributed by atoms with E-state index in [0.717, 1.165) is 48.0 Å². The summed E-state index contributed by atoms with van der Waals surface area (Å²) < 4.78 is 4.18. The summed E-state index contributed by atoms with van der Waals surface area (Å²) in [5.41, 5.74) is 3.02. The molecule has 180 valence electrons. The molecule has 0 spiro atoms. The number of carbonyl (C=O) groups is 2. The molecule has 5 heterocycles. The summed E-state index contributed by atoms with van der Waals surface area (Å²) in [6.45, 7) is 3.89. The summed E-state index contributed by atoms with van der Waals surface area (Å²) in [5, 5.41) is 2.52. The van der Waals surface area contributed by atoms with Crippen LogP contribution in [0.4, 0.5) is 4.79 Å². The van der Waals surface area contributed by atoms with E-state index >= 15 is 0 Å². The van der Waals surface area contributed by atoms with E-state index in [4.69, 9.17) is 9.98 Å². The molecule has 1 saturated heterocycles. The first-order chi connectivity index (χ1) is 17.1. The van der Waals surface area contributed by atoms with E-state index in [-0.39, 0.29) is 11.9 Å². The van der Waals surface area contributed by atoms with Crippen LogP contribution in [0.1, 0.15) is 36.8 Å². The Hall–Kier alpha value is -3.95. The number of imide groups is 1. The van der Waals surface area contributed by atoms with E-state index in [1.165, 1.54) is 6.42 Å². The number of aryl methyl sites for hydroxylation is 2. The van der Waals surface area contributed by atoms with Crippen molar-refractivity contribution in [2.24, 2.45) is 4.99 Å². The molecule has 2 unspecified atom stereocenters. The summed E-state index contributed by atoms with van der Waals surface area (Å²) >= 11 is 0. The molecule has 0 bridgehead atoms. The molecule has 1 fully saturated rings. The number of imidazole rings is 2. The van der Waals surface area contributed by atoms with Gasteiger partial charge < -0.3 is 14.0 Å². The van der Waals surface area contributed by atoms with Crippen LogP contribution in [-0.2, 0) is 30.7 Å². The third kappa shape index (κ3) is 3.88. The summed E-state index contributed by atoms with van der Waals surface area (Å²) in [6, 6.07) is 7.23.